The molecule has 0 atom stereocenters. The van der Waals surface area contributed by atoms with Gasteiger partial charge in [0.2, 0.25) is 0 Å². The Kier molecular flexibility index (Phi) is 8.55. The molecule has 0 fully saturated rings. The Labute approximate surface area is 95.8 Å². The van der Waals surface area contributed by atoms with Crippen LogP contribution in [-0.2, 0) is 23.7 Å². The second kappa shape index (κ2) is 7.02. The summed E-state index contributed by atoms with van der Waals surface area (Å²) in [6.07, 6.45) is 0. The van der Waals surface area contributed by atoms with Gasteiger partial charge in [0.05, 0.1) is 13.2 Å². The van der Waals surface area contributed by atoms with Gasteiger partial charge in [0.25, 0.3) is 0 Å². The van der Waals surface area contributed by atoms with E-state index in [1.54, 1.807) is 0 Å². The van der Waals surface area contributed by atoms with Crippen molar-refractivity contribution in [2.45, 2.75) is 13.8 Å². The van der Waals surface area contributed by atoms with Gasteiger partial charge < -0.3 is 13.6 Å². The van der Waals surface area contributed by atoms with Gasteiger partial charge in [0, 0.05) is 0 Å². The van der Waals surface area contributed by atoms with Crippen LogP contribution in [0.3, 0.4) is 0 Å². The summed E-state index contributed by atoms with van der Waals surface area (Å²) < 4.78 is 51.5. The van der Waals surface area contributed by atoms with E-state index in [1.165, 1.54) is 13.8 Å². The molecule has 0 saturated carbocycles. The first-order valence-corrected chi connectivity index (χ1v) is 6.95. The summed E-state index contributed by atoms with van der Waals surface area (Å²) >= 11 is 0. The topological polar surface area (TPSA) is 92.7 Å². The van der Waals surface area contributed by atoms with Gasteiger partial charge in [0.1, 0.15) is 15.6 Å². The van der Waals surface area contributed by atoms with Crippen LogP contribution in [0.25, 0.3) is 0 Å². The molecule has 0 rings (SSSR count). The van der Waals surface area contributed by atoms with Crippen LogP contribution in [0.1, 0.15) is 13.8 Å². The van der Waals surface area contributed by atoms with Gasteiger partial charge in [-0.25, -0.2) is 8.42 Å². The van der Waals surface area contributed by atoms with E-state index in [9.17, 15) is 17.5 Å². The quantitative estimate of drug-likeness (QED) is 0.295. The van der Waals surface area contributed by atoms with Gasteiger partial charge in [0.15, 0.2) is 0 Å². The van der Waals surface area contributed by atoms with Gasteiger partial charge in [-0.1, -0.05) is 0 Å². The van der Waals surface area contributed by atoms with E-state index in [2.05, 4.69) is 9.05 Å². The molecule has 0 aliphatic heterocycles. The van der Waals surface area contributed by atoms with Gasteiger partial charge >= 0.3 is 26.5 Å². The second-order valence-electron chi connectivity index (χ2n) is 2.13. The Morgan fingerprint density at radius 1 is 1.21 bits per heavy atom. The van der Waals surface area contributed by atoms with E-state index in [4.69, 9.17) is 0 Å². The Hall–Kier alpha value is 0.657. The van der Waals surface area contributed by atoms with Gasteiger partial charge in [-0.2, -0.15) is 0 Å². The maximum absolute atomic E-state index is 11.4. The van der Waals surface area contributed by atoms with Crippen molar-refractivity contribution >= 4 is 17.7 Å². The first-order valence-electron chi connectivity index (χ1n) is 3.64. The van der Waals surface area contributed by atoms with Crippen molar-refractivity contribution < 1.29 is 45.4 Å². The standard InChI is InChI=1S/C5H13O6PS.Li/c1-3-10-12(6,11-4-2)5-13(7,8)9;/h3-5H2,1-2H3,(H,7,8,9);/q;+1/p-1. The van der Waals surface area contributed by atoms with Crippen LogP contribution < -0.4 is 18.9 Å². The molecule has 0 spiro atoms. The molecule has 0 radical (unpaired) electrons. The van der Waals surface area contributed by atoms with Crippen LogP contribution >= 0.6 is 7.60 Å². The molecular weight excluding hydrogens is 226 g/mol. The zero-order chi connectivity index (χ0) is 10.5. The molecule has 0 aliphatic rings. The van der Waals surface area contributed by atoms with E-state index in [1.807, 2.05) is 0 Å². The average molecular weight is 238 g/mol. The molecular formula is C5H12LiO6PS. The third kappa shape index (κ3) is 8.01. The Morgan fingerprint density at radius 2 is 1.57 bits per heavy atom. The fraction of sp³-hybridized carbons (Fsp3) is 1.00. The molecule has 9 heteroatoms. The largest absolute Gasteiger partial charge is 1.00 e. The van der Waals surface area contributed by atoms with Gasteiger partial charge in [-0.15, -0.1) is 0 Å². The first-order chi connectivity index (χ1) is 5.83. The molecule has 14 heavy (non-hydrogen) atoms. The predicted molar refractivity (Wildman–Crippen MR) is 45.4 cm³/mol. The van der Waals surface area contributed by atoms with Crippen molar-refractivity contribution in [3.05, 3.63) is 0 Å². The van der Waals surface area contributed by atoms with E-state index >= 15 is 0 Å². The van der Waals surface area contributed by atoms with Crippen LogP contribution in [0.15, 0.2) is 0 Å². The second-order valence-corrected chi connectivity index (χ2v) is 6.02. The maximum atomic E-state index is 11.4. The Bertz CT molecular complexity index is 279. The third-order valence-corrected chi connectivity index (χ3v) is 4.80. The molecule has 0 aromatic rings. The summed E-state index contributed by atoms with van der Waals surface area (Å²) in [6, 6.07) is 0. The van der Waals surface area contributed by atoms with Crippen LogP contribution in [0.2, 0.25) is 0 Å². The summed E-state index contributed by atoms with van der Waals surface area (Å²) in [5.74, 6) is 0. The van der Waals surface area contributed by atoms with Crippen molar-refractivity contribution in [2.24, 2.45) is 0 Å². The average Bonchev–Trinajstić information content (AvgIpc) is 1.82. The normalized spacial score (nSPS) is 12.2. The van der Waals surface area contributed by atoms with Crippen molar-refractivity contribution in [1.29, 1.82) is 0 Å². The van der Waals surface area contributed by atoms with Gasteiger partial charge in [-0.3, -0.25) is 4.57 Å². The monoisotopic (exact) mass is 238 g/mol. The molecule has 0 bridgehead atoms. The molecule has 0 amide bonds. The van der Waals surface area contributed by atoms with Crippen LogP contribution in [0, 0.1) is 0 Å². The number of hydrogen-bond acceptors (Lipinski definition) is 6. The molecule has 0 aromatic heterocycles. The third-order valence-electron chi connectivity index (χ3n) is 0.968. The molecule has 0 aromatic carbocycles. The minimum absolute atomic E-state index is 0. The minimum atomic E-state index is -4.59. The molecule has 0 aliphatic carbocycles. The first kappa shape index (κ1) is 17.1. The van der Waals surface area contributed by atoms with Crippen LogP contribution in [0.4, 0.5) is 0 Å². The Morgan fingerprint density at radius 3 is 1.79 bits per heavy atom. The summed E-state index contributed by atoms with van der Waals surface area (Å²) in [5, 5.41) is 0. The maximum Gasteiger partial charge on any atom is 1.00 e. The van der Waals surface area contributed by atoms with E-state index in [0.29, 0.717) is 0 Å². The fourth-order valence-electron chi connectivity index (χ4n) is 0.699. The predicted octanol–water partition coefficient (Wildman–Crippen LogP) is -2.24. The summed E-state index contributed by atoms with van der Waals surface area (Å²) in [6.45, 7) is 3.13. The van der Waals surface area contributed by atoms with Crippen molar-refractivity contribution in [3.8, 4) is 0 Å². The van der Waals surface area contributed by atoms with Crippen molar-refractivity contribution in [2.75, 3.05) is 18.7 Å². The van der Waals surface area contributed by atoms with Crippen LogP contribution in [0.5, 0.6) is 0 Å². The van der Waals surface area contributed by atoms with Crippen molar-refractivity contribution in [1.82, 2.24) is 0 Å². The molecule has 80 valence electrons. The Balaban J connectivity index is 0. The smallest absolute Gasteiger partial charge is 0.747 e. The van der Waals surface area contributed by atoms with E-state index in [-0.39, 0.29) is 32.1 Å². The van der Waals surface area contributed by atoms with Gasteiger partial charge in [-0.05, 0) is 13.8 Å². The number of hydrogen-bond donors (Lipinski definition) is 0. The molecule has 0 N–H and O–H groups in total. The SMILES string of the molecule is CCOP(=O)(CS(=O)(=O)[O-])OCC.[Li+]. The molecule has 0 unspecified atom stereocenters. The summed E-state index contributed by atoms with van der Waals surface area (Å²) in [5.41, 5.74) is -1.11. The molecule has 0 heterocycles. The molecule has 0 saturated heterocycles. The van der Waals surface area contributed by atoms with Crippen LogP contribution in [-0.4, -0.2) is 31.7 Å². The number of rotatable bonds is 6. The van der Waals surface area contributed by atoms with E-state index in [0.717, 1.165) is 0 Å². The summed E-state index contributed by atoms with van der Waals surface area (Å²) in [7, 11) is -8.33. The zero-order valence-electron chi connectivity index (χ0n) is 8.43. The fourth-order valence-corrected chi connectivity index (χ4v) is 3.71. The van der Waals surface area contributed by atoms with E-state index < -0.39 is 23.2 Å². The molecule has 6 nitrogen and oxygen atoms in total. The minimum Gasteiger partial charge on any atom is -0.747 e. The summed E-state index contributed by atoms with van der Waals surface area (Å²) in [4.78, 5) is 0. The van der Waals surface area contributed by atoms with Crippen molar-refractivity contribution in [3.63, 3.8) is 0 Å². The zero-order valence-corrected chi connectivity index (χ0v) is 10.1.